The van der Waals surface area contributed by atoms with Gasteiger partial charge in [-0.05, 0) is 13.8 Å². The Bertz CT molecular complexity index is 1630. The van der Waals surface area contributed by atoms with Crippen molar-refractivity contribution in [2.75, 3.05) is 12.3 Å². The first-order valence-corrected chi connectivity index (χ1v) is 13.5. The average molecular weight is 678 g/mol. The van der Waals surface area contributed by atoms with Crippen LogP contribution in [0.2, 0.25) is 0 Å². The molecule has 1 aliphatic rings. The largest absolute Gasteiger partial charge is 1.00 e. The van der Waals surface area contributed by atoms with E-state index in [-0.39, 0.29) is 79.9 Å². The zero-order chi connectivity index (χ0) is 31.6. The number of ether oxygens (including phenoxy) is 1. The van der Waals surface area contributed by atoms with E-state index in [0.717, 1.165) is 31.3 Å². The number of aromatic nitrogens is 2. The van der Waals surface area contributed by atoms with E-state index in [4.69, 9.17) is 15.3 Å². The van der Waals surface area contributed by atoms with Crippen molar-refractivity contribution in [1.29, 1.82) is 0 Å². The molecule has 228 valence electrons. The van der Waals surface area contributed by atoms with Gasteiger partial charge in [0, 0.05) is 18.0 Å². The molecule has 20 nitrogen and oxygen atoms in total. The van der Waals surface area contributed by atoms with E-state index in [1.54, 1.807) is 0 Å². The second-order valence-electron chi connectivity index (χ2n) is 8.83. The molecule has 1 fully saturated rings. The summed E-state index contributed by atoms with van der Waals surface area (Å²) in [4.78, 5) is 69.1. The Kier molecular flexibility index (Phi) is 13.6. The van der Waals surface area contributed by atoms with E-state index < -0.39 is 81.9 Å². The predicted molar refractivity (Wildman–Crippen MR) is 133 cm³/mol. The van der Waals surface area contributed by atoms with Crippen LogP contribution in [0.4, 0.5) is 9.93 Å². The molecule has 3 amide bonds. The second-order valence-corrected chi connectivity index (χ2v) is 11.0. The number of hydrogen-bond acceptors (Lipinski definition) is 17. The molecular formula is C20H21N7Na2O13S2. The summed E-state index contributed by atoms with van der Waals surface area (Å²) in [5.74, 6) is -5.08. The number of carboxylic acids is 1. The molecule has 2 aromatic heterocycles. The van der Waals surface area contributed by atoms with E-state index in [9.17, 15) is 52.4 Å². The SMILES string of the molecule is CC(C)(O/N=C(\C(=O)N[C@@H]1C(=O)N(S(=O)(=O)[O-])[C@@H]1CNC(=O)OCc1cc(=O)c(O)cn1O)c1csc(N)n1)C(=O)[O-].[Na+].[Na+]. The Morgan fingerprint density at radius 3 is 2.45 bits per heavy atom. The summed E-state index contributed by atoms with van der Waals surface area (Å²) in [6, 6.07) is -2.63. The van der Waals surface area contributed by atoms with Gasteiger partial charge in [-0.15, -0.1) is 11.3 Å². The molecule has 24 heteroatoms. The number of β-lactam (4-membered cyclic amide) rings is 1. The van der Waals surface area contributed by atoms with Gasteiger partial charge >= 0.3 is 65.2 Å². The van der Waals surface area contributed by atoms with Gasteiger partial charge in [-0.25, -0.2) is 22.5 Å². The van der Waals surface area contributed by atoms with Crippen molar-refractivity contribution < 1.29 is 116 Å². The van der Waals surface area contributed by atoms with Gasteiger partial charge in [0.05, 0.1) is 23.9 Å². The minimum absolute atomic E-state index is 0. The van der Waals surface area contributed by atoms with Crippen LogP contribution in [-0.2, 0) is 40.9 Å². The van der Waals surface area contributed by atoms with Crippen molar-refractivity contribution in [2.45, 2.75) is 38.1 Å². The van der Waals surface area contributed by atoms with Gasteiger partial charge in [-0.1, -0.05) is 5.16 Å². The quantitative estimate of drug-likeness (QED) is 0.0368. The average Bonchev–Trinajstić information content (AvgIpc) is 3.30. The number of anilines is 1. The third kappa shape index (κ3) is 9.28. The maximum absolute atomic E-state index is 13.0. The van der Waals surface area contributed by atoms with E-state index >= 15 is 0 Å². The van der Waals surface area contributed by atoms with Crippen molar-refractivity contribution in [3.63, 3.8) is 0 Å². The molecule has 2 aromatic rings. The monoisotopic (exact) mass is 677 g/mol. The first kappa shape index (κ1) is 39.1. The number of aromatic hydroxyl groups is 1. The number of rotatable bonds is 11. The molecule has 2 atom stereocenters. The van der Waals surface area contributed by atoms with Gasteiger partial charge in [-0.3, -0.25) is 14.4 Å². The topological polar surface area (TPSA) is 308 Å². The number of nitrogens with two attached hydrogens (primary N) is 1. The van der Waals surface area contributed by atoms with Crippen molar-refractivity contribution in [1.82, 2.24) is 24.7 Å². The number of hydrogen-bond donors (Lipinski definition) is 5. The van der Waals surface area contributed by atoms with Crippen LogP contribution in [0, 0.1) is 0 Å². The van der Waals surface area contributed by atoms with Crippen LogP contribution in [0.5, 0.6) is 5.75 Å². The maximum atomic E-state index is 13.0. The fourth-order valence-corrected chi connectivity index (χ4v) is 4.61. The van der Waals surface area contributed by atoms with Crippen LogP contribution in [0.1, 0.15) is 25.2 Å². The molecule has 0 aromatic carbocycles. The molecule has 0 bridgehead atoms. The number of nitrogens with one attached hydrogen (secondary N) is 2. The van der Waals surface area contributed by atoms with Crippen molar-refractivity contribution in [2.24, 2.45) is 5.16 Å². The smallest absolute Gasteiger partial charge is 0.731 e. The van der Waals surface area contributed by atoms with E-state index in [0.29, 0.717) is 10.9 Å². The zero-order valence-electron chi connectivity index (χ0n) is 23.4. The second kappa shape index (κ2) is 15.4. The molecule has 0 spiro atoms. The number of carboxylic acid groups (broad SMARTS) is 1. The van der Waals surface area contributed by atoms with Crippen LogP contribution < -0.4 is 86.0 Å². The normalized spacial score (nSPS) is 16.5. The Hall–Kier alpha value is -2.96. The van der Waals surface area contributed by atoms with Crippen LogP contribution in [-0.4, -0.2) is 91.1 Å². The summed E-state index contributed by atoms with van der Waals surface area (Å²) in [5, 5.41) is 39.1. The Morgan fingerprint density at radius 1 is 1.27 bits per heavy atom. The number of aliphatic carboxylic acids is 1. The van der Waals surface area contributed by atoms with Gasteiger partial charge in [0.25, 0.3) is 11.8 Å². The molecule has 0 saturated carbocycles. The van der Waals surface area contributed by atoms with Crippen molar-refractivity contribution >= 4 is 56.4 Å². The van der Waals surface area contributed by atoms with Gasteiger partial charge in [0.2, 0.25) is 5.43 Å². The first-order valence-electron chi connectivity index (χ1n) is 11.3. The van der Waals surface area contributed by atoms with Crippen LogP contribution in [0.3, 0.4) is 0 Å². The van der Waals surface area contributed by atoms with Crippen LogP contribution in [0.25, 0.3) is 0 Å². The minimum Gasteiger partial charge on any atom is -0.731 e. The summed E-state index contributed by atoms with van der Waals surface area (Å²) in [6.07, 6.45) is -0.619. The third-order valence-corrected chi connectivity index (χ3v) is 7.04. The Balaban J connectivity index is 0.00000484. The fourth-order valence-electron chi connectivity index (χ4n) is 3.20. The van der Waals surface area contributed by atoms with Gasteiger partial charge in [-0.2, -0.15) is 4.73 Å². The number of alkyl carbamates (subject to hydrolysis) is 1. The van der Waals surface area contributed by atoms with E-state index in [2.05, 4.69) is 20.8 Å². The first-order chi connectivity index (χ1) is 19.4. The van der Waals surface area contributed by atoms with Crippen molar-refractivity contribution in [3.05, 3.63) is 39.3 Å². The van der Waals surface area contributed by atoms with E-state index in [1.807, 2.05) is 0 Å². The van der Waals surface area contributed by atoms with Crippen LogP contribution >= 0.6 is 11.3 Å². The third-order valence-electron chi connectivity index (χ3n) is 5.43. The van der Waals surface area contributed by atoms with Gasteiger partial charge in [0.15, 0.2) is 32.5 Å². The maximum Gasteiger partial charge on any atom is 1.00 e. The number of amides is 3. The number of oxime groups is 1. The molecule has 1 saturated heterocycles. The molecule has 3 rings (SSSR count). The fraction of sp³-hybridized carbons (Fsp3) is 0.350. The van der Waals surface area contributed by atoms with Crippen molar-refractivity contribution in [3.8, 4) is 5.75 Å². The molecule has 6 N–H and O–H groups in total. The molecule has 3 heterocycles. The zero-order valence-corrected chi connectivity index (χ0v) is 29.0. The number of nitrogens with zero attached hydrogens (tertiary/aromatic N) is 4. The Labute approximate surface area is 295 Å². The molecule has 0 aliphatic carbocycles. The summed E-state index contributed by atoms with van der Waals surface area (Å²) in [5.41, 5.74) is 1.50. The van der Waals surface area contributed by atoms with E-state index in [1.165, 1.54) is 5.38 Å². The molecule has 44 heavy (non-hydrogen) atoms. The number of carbonyl (C=O) groups excluding carboxylic acids is 4. The van der Waals surface area contributed by atoms with Gasteiger partial charge < -0.3 is 50.7 Å². The minimum atomic E-state index is -5.42. The number of pyridine rings is 1. The summed E-state index contributed by atoms with van der Waals surface area (Å²) in [6.45, 7) is 0.656. The summed E-state index contributed by atoms with van der Waals surface area (Å²) in [7, 11) is -5.42. The summed E-state index contributed by atoms with van der Waals surface area (Å²) < 4.78 is 39.9. The predicted octanol–water partition coefficient (Wildman–Crippen LogP) is -9.83. The number of nitrogen functional groups attached to an aromatic ring is 1. The number of thiazole rings is 1. The standard InChI is InChI=1S/C20H23N7O13S2.2Na/c1-20(2,17(32)33)40-25-13(9-7-41-18(21)23-9)15(30)24-14-10(27(16(14)31)42(36,37)38)4-22-19(34)39-6-8-3-11(28)12(29)5-26(8)35;;/h3,5,7,10,14,29,35H,4,6H2,1-2H3,(H2,21,23)(H,22,34)(H,24,30)(H,32,33)(H,36,37,38);;/q;2*+1/p-2/b25-13-;;/t10-,14+;;/m1../s1. The van der Waals surface area contributed by atoms with Crippen LogP contribution in [0.15, 0.2) is 27.6 Å². The molecular weight excluding hydrogens is 656 g/mol. The summed E-state index contributed by atoms with van der Waals surface area (Å²) >= 11 is 0.867. The Morgan fingerprint density at radius 2 is 1.91 bits per heavy atom. The molecule has 0 radical (unpaired) electrons. The molecule has 0 unspecified atom stereocenters. The number of carbonyl (C=O) groups is 4. The van der Waals surface area contributed by atoms with Gasteiger partial charge in [0.1, 0.15) is 18.3 Å². The molecule has 1 aliphatic heterocycles.